The third kappa shape index (κ3) is 6.53. The fourth-order valence-corrected chi connectivity index (χ4v) is 3.69. The number of aromatic amines is 1. The van der Waals surface area contributed by atoms with Crippen molar-refractivity contribution in [2.75, 3.05) is 42.7 Å². The maximum absolute atomic E-state index is 9.19. The predicted octanol–water partition coefficient (Wildman–Crippen LogP) is 2.35. The number of hydrogen-bond donors (Lipinski definition) is 4. The molecule has 1 aliphatic heterocycles. The normalized spacial score (nSPS) is 14.1. The van der Waals surface area contributed by atoms with E-state index in [1.165, 1.54) is 5.69 Å². The number of anilines is 3. The van der Waals surface area contributed by atoms with Gasteiger partial charge >= 0.3 is 0 Å². The van der Waals surface area contributed by atoms with E-state index in [4.69, 9.17) is 9.29 Å². The Morgan fingerprint density at radius 3 is 2.60 bits per heavy atom. The van der Waals surface area contributed by atoms with Crippen molar-refractivity contribution in [3.05, 3.63) is 36.8 Å². The number of benzene rings is 1. The van der Waals surface area contributed by atoms with E-state index in [0.717, 1.165) is 42.8 Å². The van der Waals surface area contributed by atoms with Crippen LogP contribution in [0.25, 0.3) is 22.1 Å². The second-order valence-electron chi connectivity index (χ2n) is 8.28. The number of rotatable bonds is 5. The Labute approximate surface area is 202 Å². The van der Waals surface area contributed by atoms with Gasteiger partial charge in [0.1, 0.15) is 0 Å². The molecule has 0 amide bonds. The van der Waals surface area contributed by atoms with Crippen LogP contribution in [0, 0.1) is 0 Å². The summed E-state index contributed by atoms with van der Waals surface area (Å²) in [6, 6.07) is 8.19. The molecule has 5 rings (SSSR count). The molecule has 3 aromatic heterocycles. The summed E-state index contributed by atoms with van der Waals surface area (Å²) >= 11 is 0. The number of nitrogens with one attached hydrogen (secondary N) is 3. The summed E-state index contributed by atoms with van der Waals surface area (Å²) in [6.45, 7) is 7.85. The third-order valence-electron chi connectivity index (χ3n) is 5.03. The fourth-order valence-electron chi connectivity index (χ4n) is 3.69. The van der Waals surface area contributed by atoms with Gasteiger partial charge in [0, 0.05) is 49.1 Å². The van der Waals surface area contributed by atoms with Crippen LogP contribution < -0.4 is 20.3 Å². The lowest BCUT2D eigenvalue weighted by molar-refractivity contribution is 0.235. The van der Waals surface area contributed by atoms with Crippen molar-refractivity contribution in [2.45, 2.75) is 20.0 Å². The Kier molecular flexibility index (Phi) is 7.28. The van der Waals surface area contributed by atoms with Crippen molar-refractivity contribution in [1.82, 2.24) is 30.2 Å². The molecule has 12 nitrogen and oxygen atoms in total. The maximum atomic E-state index is 9.19. The van der Waals surface area contributed by atoms with Gasteiger partial charge in [0.15, 0.2) is 11.2 Å². The summed E-state index contributed by atoms with van der Waals surface area (Å²) in [4.78, 5) is 23.3. The Hall–Kier alpha value is -3.55. The van der Waals surface area contributed by atoms with E-state index in [-0.39, 0.29) is 6.10 Å². The highest BCUT2D eigenvalue weighted by Crippen LogP contribution is 2.30. The Morgan fingerprint density at radius 1 is 1.14 bits per heavy atom. The summed E-state index contributed by atoms with van der Waals surface area (Å²) in [6.07, 6.45) is 4.17. The fraction of sp³-hybridized carbons (Fsp3) is 0.364. The number of fused-ring (bicyclic) bond motifs is 2. The summed E-state index contributed by atoms with van der Waals surface area (Å²) in [5, 5.41) is 7.82. The second kappa shape index (κ2) is 10.4. The molecule has 1 saturated heterocycles. The molecule has 0 radical (unpaired) electrons. The Bertz CT molecular complexity index is 1410. The van der Waals surface area contributed by atoms with E-state index in [2.05, 4.69) is 52.6 Å². The number of nitrogens with zero attached hydrogens (tertiary/aromatic N) is 5. The van der Waals surface area contributed by atoms with E-state index < -0.39 is 10.1 Å². The van der Waals surface area contributed by atoms with Crippen molar-refractivity contribution >= 4 is 49.5 Å². The second-order valence-corrected chi connectivity index (χ2v) is 9.74. The van der Waals surface area contributed by atoms with Crippen molar-refractivity contribution in [3.8, 4) is 5.88 Å². The van der Waals surface area contributed by atoms with Crippen LogP contribution in [0.3, 0.4) is 0 Å². The molecule has 35 heavy (non-hydrogen) atoms. The van der Waals surface area contributed by atoms with Crippen molar-refractivity contribution in [3.63, 3.8) is 0 Å². The number of hydrogen-bond acceptors (Lipinski definition) is 10. The predicted molar refractivity (Wildman–Crippen MR) is 135 cm³/mol. The lowest BCUT2D eigenvalue weighted by Crippen LogP contribution is -2.43. The van der Waals surface area contributed by atoms with Gasteiger partial charge < -0.3 is 25.3 Å². The van der Waals surface area contributed by atoms with Gasteiger partial charge in [-0.25, -0.2) is 4.98 Å². The van der Waals surface area contributed by atoms with Crippen molar-refractivity contribution in [1.29, 1.82) is 0 Å². The molecule has 0 unspecified atom stereocenters. The minimum atomic E-state index is -3.67. The van der Waals surface area contributed by atoms with Crippen molar-refractivity contribution < 1.29 is 17.7 Å². The zero-order valence-corrected chi connectivity index (χ0v) is 20.5. The van der Waals surface area contributed by atoms with Gasteiger partial charge in [-0.3, -0.25) is 9.54 Å². The highest BCUT2D eigenvalue weighted by Gasteiger charge is 2.16. The highest BCUT2D eigenvalue weighted by molar-refractivity contribution is 7.85. The number of H-pyrrole nitrogens is 1. The van der Waals surface area contributed by atoms with Crippen LogP contribution in [0.1, 0.15) is 13.8 Å². The number of ether oxygens (including phenoxy) is 1. The van der Waals surface area contributed by atoms with Gasteiger partial charge in [-0.1, -0.05) is 0 Å². The topological polar surface area (TPSA) is 158 Å². The molecule has 4 heterocycles. The maximum Gasteiger partial charge on any atom is 0.261 e. The Morgan fingerprint density at radius 2 is 1.89 bits per heavy atom. The van der Waals surface area contributed by atoms with Gasteiger partial charge in [-0.15, -0.1) is 0 Å². The summed E-state index contributed by atoms with van der Waals surface area (Å²) in [5.41, 5.74) is 4.30. The van der Waals surface area contributed by atoms with Crippen LogP contribution in [0.5, 0.6) is 5.88 Å². The third-order valence-corrected chi connectivity index (χ3v) is 5.03. The largest absolute Gasteiger partial charge is 0.473 e. The Balaban J connectivity index is 0.000000527. The van der Waals surface area contributed by atoms with Gasteiger partial charge in [0.2, 0.25) is 11.8 Å². The molecule has 0 spiro atoms. The molecule has 0 bridgehead atoms. The molecule has 0 atom stereocenters. The number of pyridine rings is 1. The smallest absolute Gasteiger partial charge is 0.261 e. The highest BCUT2D eigenvalue weighted by atomic mass is 32.2. The molecular formula is C22H28N8O4S. The first kappa shape index (κ1) is 24.6. The average Bonchev–Trinajstić information content (AvgIpc) is 3.27. The van der Waals surface area contributed by atoms with Gasteiger partial charge in [-0.2, -0.15) is 18.4 Å². The molecule has 1 fully saturated rings. The van der Waals surface area contributed by atoms with Crippen LogP contribution in [-0.2, 0) is 10.1 Å². The quantitative estimate of drug-likeness (QED) is 0.298. The molecular weight excluding hydrogens is 472 g/mol. The van der Waals surface area contributed by atoms with Crippen LogP contribution in [0.15, 0.2) is 36.8 Å². The summed E-state index contributed by atoms with van der Waals surface area (Å²) in [7, 11) is -3.67. The molecule has 186 valence electrons. The lowest BCUT2D eigenvalue weighted by atomic mass is 10.1. The van der Waals surface area contributed by atoms with Crippen LogP contribution in [0.2, 0.25) is 0 Å². The zero-order valence-electron chi connectivity index (χ0n) is 19.7. The van der Waals surface area contributed by atoms with E-state index >= 15 is 0 Å². The number of aromatic nitrogens is 5. The first-order valence-electron chi connectivity index (χ1n) is 11.1. The summed E-state index contributed by atoms with van der Waals surface area (Å²) in [5.74, 6) is 0.914. The molecule has 4 aromatic rings. The zero-order chi connectivity index (χ0) is 25.0. The molecule has 1 aliphatic rings. The van der Waals surface area contributed by atoms with Gasteiger partial charge in [0.25, 0.3) is 10.1 Å². The van der Waals surface area contributed by atoms with E-state index in [9.17, 15) is 8.42 Å². The standard InChI is InChI=1S/C21H24N8O.CH4O3S/c1-13(2)30-20-18-19(25-12-24-18)27-21(28-20)26-14-3-4-16-15(11-14)17(5-6-23-16)29-9-7-22-8-10-29;1-5(2,3)4/h3-6,11-13,22H,7-10H2,1-2H3,(H2,24,25,26,27,28);1H3,(H,2,3,4). The molecule has 0 saturated carbocycles. The van der Waals surface area contributed by atoms with Gasteiger partial charge in [0.05, 0.1) is 24.2 Å². The minimum Gasteiger partial charge on any atom is -0.473 e. The molecule has 4 N–H and O–H groups in total. The average molecular weight is 501 g/mol. The van der Waals surface area contributed by atoms with Crippen LogP contribution >= 0.6 is 0 Å². The minimum absolute atomic E-state index is 0.0130. The van der Waals surface area contributed by atoms with Crippen LogP contribution in [-0.4, -0.2) is 76.4 Å². The van der Waals surface area contributed by atoms with Crippen molar-refractivity contribution in [2.24, 2.45) is 0 Å². The van der Waals surface area contributed by atoms with E-state index in [0.29, 0.717) is 29.2 Å². The number of piperazine rings is 1. The molecule has 0 aliphatic carbocycles. The number of imidazole rings is 1. The van der Waals surface area contributed by atoms with Crippen LogP contribution in [0.4, 0.5) is 17.3 Å². The lowest BCUT2D eigenvalue weighted by Gasteiger charge is -2.30. The monoisotopic (exact) mass is 500 g/mol. The first-order chi connectivity index (χ1) is 16.7. The van der Waals surface area contributed by atoms with E-state index in [1.54, 1.807) is 6.33 Å². The first-order valence-corrected chi connectivity index (χ1v) is 12.9. The van der Waals surface area contributed by atoms with E-state index in [1.807, 2.05) is 32.2 Å². The van der Waals surface area contributed by atoms with Gasteiger partial charge in [-0.05, 0) is 38.1 Å². The molecule has 13 heteroatoms. The SMILES string of the molecule is CC(C)Oc1nc(Nc2ccc3nccc(N4CCNCC4)c3c2)nc2[nH]cnc12.CS(=O)(=O)O. The summed E-state index contributed by atoms with van der Waals surface area (Å²) < 4.78 is 31.7. The molecule has 1 aromatic carbocycles.